The summed E-state index contributed by atoms with van der Waals surface area (Å²) < 4.78 is 2.62. The highest BCUT2D eigenvalue weighted by Crippen LogP contribution is 2.61. The first-order chi connectivity index (χ1) is 28.4. The lowest BCUT2D eigenvalue weighted by Crippen LogP contribution is -2.48. The van der Waals surface area contributed by atoms with Crippen LogP contribution in [-0.4, -0.2) is 0 Å². The summed E-state index contributed by atoms with van der Waals surface area (Å²) in [4.78, 5) is 4.92. The summed E-state index contributed by atoms with van der Waals surface area (Å²) >= 11 is 1.88. The third-order valence-corrected chi connectivity index (χ3v) is 15.8. The molecule has 0 saturated heterocycles. The molecule has 4 fully saturated rings. The van der Waals surface area contributed by atoms with Gasteiger partial charge in [-0.25, -0.2) is 0 Å². The van der Waals surface area contributed by atoms with Crippen LogP contribution in [-0.2, 0) is 10.8 Å². The molecule has 0 atom stereocenters. The monoisotopic (exact) mass is 768 g/mol. The number of rotatable bonds is 7. The van der Waals surface area contributed by atoms with Crippen molar-refractivity contribution in [2.75, 3.05) is 9.80 Å². The summed E-state index contributed by atoms with van der Waals surface area (Å²) in [6.45, 7) is 4.77. The van der Waals surface area contributed by atoms with Crippen LogP contribution in [0.1, 0.15) is 69.1 Å². The van der Waals surface area contributed by atoms with Gasteiger partial charge in [0.15, 0.2) is 0 Å². The molecule has 1 heterocycles. The average molecular weight is 769 g/mol. The second-order valence-electron chi connectivity index (χ2n) is 18.4. The van der Waals surface area contributed by atoms with E-state index >= 15 is 0 Å². The topological polar surface area (TPSA) is 6.48 Å². The predicted octanol–water partition coefficient (Wildman–Crippen LogP) is 15.8. The van der Waals surface area contributed by atoms with Gasteiger partial charge in [-0.2, -0.15) is 0 Å². The maximum absolute atomic E-state index is 2.50. The number of fused-ring (bicyclic) bond motifs is 6. The third kappa shape index (κ3) is 5.29. The van der Waals surface area contributed by atoms with Gasteiger partial charge >= 0.3 is 0 Å². The normalized spacial score (nSPS) is 22.3. The zero-order valence-corrected chi connectivity index (χ0v) is 34.2. The number of para-hydroxylation sites is 1. The molecule has 3 heteroatoms. The summed E-state index contributed by atoms with van der Waals surface area (Å²) in [5, 5.41) is 2.62. The first-order valence-electron chi connectivity index (χ1n) is 21.4. The van der Waals surface area contributed by atoms with Crippen LogP contribution in [0.4, 0.5) is 34.1 Å². The summed E-state index contributed by atoms with van der Waals surface area (Å²) in [6, 6.07) is 61.7. The lowest BCUT2D eigenvalue weighted by molar-refractivity contribution is -0.00518. The molecule has 13 rings (SSSR count). The van der Waals surface area contributed by atoms with E-state index in [1.54, 1.807) is 5.56 Å². The fourth-order valence-electron chi connectivity index (χ4n) is 12.4. The molecule has 5 aliphatic carbocycles. The van der Waals surface area contributed by atoms with Gasteiger partial charge < -0.3 is 9.80 Å². The van der Waals surface area contributed by atoms with Crippen LogP contribution in [0.2, 0.25) is 0 Å². The fourth-order valence-corrected chi connectivity index (χ4v) is 13.6. The van der Waals surface area contributed by atoms with E-state index in [9.17, 15) is 0 Å². The predicted molar refractivity (Wildman–Crippen MR) is 246 cm³/mol. The standard InChI is InChI=1S/C55H48N2S/c1-54(2)49-16-8-6-13-45(49)46-28-27-44(32-50(46)54)56(41-21-19-39(20-22-41)55-33-36-29-37(34-55)31-38(30-36)35-55)42-23-25-43(26-24-42)57(40-11-4-3-5-12-40)51-17-10-15-48-47-14-7-9-18-52(47)58-53(48)51/h3-28,32,36-38H,29-31,33-35H2,1-2H3. The quantitative estimate of drug-likeness (QED) is 0.159. The molecule has 0 unspecified atom stereocenters. The van der Waals surface area contributed by atoms with Crippen molar-refractivity contribution < 1.29 is 0 Å². The maximum atomic E-state index is 2.50. The lowest BCUT2D eigenvalue weighted by atomic mass is 9.48. The van der Waals surface area contributed by atoms with E-state index in [0.717, 1.165) is 34.8 Å². The van der Waals surface area contributed by atoms with Crippen LogP contribution in [0.5, 0.6) is 0 Å². The van der Waals surface area contributed by atoms with Gasteiger partial charge in [-0.05, 0) is 162 Å². The summed E-state index contributed by atoms with van der Waals surface area (Å²) in [5.41, 5.74) is 14.5. The van der Waals surface area contributed by atoms with E-state index in [2.05, 4.69) is 187 Å². The Hall–Kier alpha value is -5.64. The van der Waals surface area contributed by atoms with E-state index in [4.69, 9.17) is 0 Å². The molecule has 4 bridgehead atoms. The van der Waals surface area contributed by atoms with E-state index in [0.29, 0.717) is 5.41 Å². The molecule has 284 valence electrons. The van der Waals surface area contributed by atoms with Gasteiger partial charge in [-0.3, -0.25) is 0 Å². The van der Waals surface area contributed by atoms with Gasteiger partial charge in [0, 0.05) is 49.3 Å². The van der Waals surface area contributed by atoms with Crippen molar-refractivity contribution in [3.63, 3.8) is 0 Å². The third-order valence-electron chi connectivity index (χ3n) is 14.6. The van der Waals surface area contributed by atoms with E-state index < -0.39 is 0 Å². The Balaban J connectivity index is 0.976. The Morgan fingerprint density at radius 2 is 1.02 bits per heavy atom. The van der Waals surface area contributed by atoms with Crippen LogP contribution >= 0.6 is 11.3 Å². The smallest absolute Gasteiger partial charge is 0.0640 e. The van der Waals surface area contributed by atoms with E-state index in [1.807, 2.05) is 11.3 Å². The number of nitrogens with zero attached hydrogens (tertiary/aromatic N) is 2. The summed E-state index contributed by atoms with van der Waals surface area (Å²) in [7, 11) is 0. The minimum atomic E-state index is -0.0797. The van der Waals surface area contributed by atoms with Crippen molar-refractivity contribution in [2.24, 2.45) is 17.8 Å². The molecule has 58 heavy (non-hydrogen) atoms. The van der Waals surface area contributed by atoms with Crippen molar-refractivity contribution in [3.8, 4) is 11.1 Å². The highest BCUT2D eigenvalue weighted by molar-refractivity contribution is 7.26. The molecular formula is C55H48N2S. The Morgan fingerprint density at radius 3 is 1.74 bits per heavy atom. The zero-order chi connectivity index (χ0) is 38.6. The first kappa shape index (κ1) is 34.4. The van der Waals surface area contributed by atoms with Crippen molar-refractivity contribution in [1.82, 2.24) is 0 Å². The highest BCUT2D eigenvalue weighted by atomic mass is 32.1. The minimum absolute atomic E-state index is 0.0797. The number of anilines is 6. The van der Waals surface area contributed by atoms with Gasteiger partial charge in [0.05, 0.1) is 10.4 Å². The molecule has 7 aromatic carbocycles. The molecule has 0 radical (unpaired) electrons. The molecule has 1 aromatic heterocycles. The second kappa shape index (κ2) is 12.9. The zero-order valence-electron chi connectivity index (χ0n) is 33.4. The van der Waals surface area contributed by atoms with Crippen LogP contribution in [0, 0.1) is 17.8 Å². The molecule has 5 aliphatic rings. The average Bonchev–Trinajstić information content (AvgIpc) is 3.74. The number of thiophene rings is 1. The fraction of sp³-hybridized carbons (Fsp3) is 0.236. The number of hydrogen-bond acceptors (Lipinski definition) is 3. The van der Waals surface area contributed by atoms with Gasteiger partial charge in [0.1, 0.15) is 0 Å². The van der Waals surface area contributed by atoms with Gasteiger partial charge in [0.25, 0.3) is 0 Å². The molecule has 4 saturated carbocycles. The second-order valence-corrected chi connectivity index (χ2v) is 19.5. The van der Waals surface area contributed by atoms with Crippen molar-refractivity contribution >= 4 is 65.6 Å². The van der Waals surface area contributed by atoms with Crippen LogP contribution in [0.15, 0.2) is 164 Å². The first-order valence-corrected chi connectivity index (χ1v) is 22.2. The SMILES string of the molecule is CC1(C)c2ccccc2-c2ccc(N(c3ccc(N(c4ccccc4)c4cccc5c4sc4ccccc45)cc3)c3ccc(C45CC6CC(CC(C6)C4)C5)cc3)cc21. The summed E-state index contributed by atoms with van der Waals surface area (Å²) in [5.74, 6) is 2.79. The van der Waals surface area contributed by atoms with Crippen molar-refractivity contribution in [1.29, 1.82) is 0 Å². The Kier molecular flexibility index (Phi) is 7.67. The molecule has 8 aromatic rings. The van der Waals surface area contributed by atoms with Crippen molar-refractivity contribution in [3.05, 3.63) is 180 Å². The molecule has 2 nitrogen and oxygen atoms in total. The van der Waals surface area contributed by atoms with Gasteiger partial charge in [-0.1, -0.05) is 105 Å². The lowest BCUT2D eigenvalue weighted by Gasteiger charge is -2.57. The molecule has 0 amide bonds. The number of hydrogen-bond donors (Lipinski definition) is 0. The van der Waals surface area contributed by atoms with Gasteiger partial charge in [0.2, 0.25) is 0 Å². The van der Waals surface area contributed by atoms with Crippen LogP contribution in [0.3, 0.4) is 0 Å². The van der Waals surface area contributed by atoms with E-state index in [1.165, 1.54) is 98.0 Å². The summed E-state index contributed by atoms with van der Waals surface area (Å²) in [6.07, 6.45) is 8.58. The van der Waals surface area contributed by atoms with Crippen LogP contribution < -0.4 is 9.80 Å². The molecule has 0 N–H and O–H groups in total. The molecule has 0 spiro atoms. The Bertz CT molecular complexity index is 2810. The highest BCUT2D eigenvalue weighted by Gasteiger charge is 2.51. The largest absolute Gasteiger partial charge is 0.310 e. The van der Waals surface area contributed by atoms with Crippen molar-refractivity contribution in [2.45, 2.75) is 63.2 Å². The Labute approximate surface area is 346 Å². The van der Waals surface area contributed by atoms with Gasteiger partial charge in [-0.15, -0.1) is 11.3 Å². The van der Waals surface area contributed by atoms with Crippen LogP contribution in [0.25, 0.3) is 31.3 Å². The molecular weight excluding hydrogens is 721 g/mol. The Morgan fingerprint density at radius 1 is 0.466 bits per heavy atom. The molecule has 0 aliphatic heterocycles. The van der Waals surface area contributed by atoms with E-state index in [-0.39, 0.29) is 5.41 Å². The number of benzene rings is 7. The minimum Gasteiger partial charge on any atom is -0.310 e. The maximum Gasteiger partial charge on any atom is 0.0640 e.